The number of nitrogens with one attached hydrogen (secondary N) is 2. The van der Waals surface area contributed by atoms with Crippen LogP contribution in [0, 0.1) is 5.92 Å². The van der Waals surface area contributed by atoms with Crippen molar-refractivity contribution in [3.05, 3.63) is 84.1 Å². The minimum absolute atomic E-state index is 0.189. The maximum absolute atomic E-state index is 13.9. The molecule has 2 aromatic rings. The number of urea groups is 1. The second kappa shape index (κ2) is 11.3. The Balaban J connectivity index is 1.68. The molecule has 0 bridgehead atoms. The van der Waals surface area contributed by atoms with Crippen LogP contribution in [0.5, 0.6) is 11.5 Å². The summed E-state index contributed by atoms with van der Waals surface area (Å²) in [5, 5.41) is 5.84. The number of hydrogen-bond acceptors (Lipinski definition) is 4. The van der Waals surface area contributed by atoms with Crippen LogP contribution in [0.3, 0.4) is 0 Å². The number of benzene rings is 2. The van der Waals surface area contributed by atoms with Crippen LogP contribution in [0.4, 0.5) is 4.79 Å². The molecule has 2 N–H and O–H groups in total. The second-order valence-corrected chi connectivity index (χ2v) is 9.59. The fourth-order valence-electron chi connectivity index (χ4n) is 4.84. The van der Waals surface area contributed by atoms with E-state index >= 15 is 0 Å². The van der Waals surface area contributed by atoms with Gasteiger partial charge in [-0.25, -0.2) is 4.79 Å². The SMILES string of the molecule is C=CCNC(=O)[C@H](CC(C)C)N1CC2=C(C1=O)[C@@H](c1cccc(Oc3ccccc3)c1)NC(=O)N2CC. The van der Waals surface area contributed by atoms with Gasteiger partial charge in [-0.05, 0) is 49.1 Å². The Morgan fingerprint density at radius 3 is 2.57 bits per heavy atom. The van der Waals surface area contributed by atoms with E-state index in [1.54, 1.807) is 15.9 Å². The molecule has 0 aliphatic carbocycles. The van der Waals surface area contributed by atoms with E-state index in [2.05, 4.69) is 17.2 Å². The van der Waals surface area contributed by atoms with E-state index in [9.17, 15) is 14.4 Å². The average Bonchev–Trinajstić information content (AvgIpc) is 3.22. The third-order valence-corrected chi connectivity index (χ3v) is 6.53. The van der Waals surface area contributed by atoms with Gasteiger partial charge < -0.3 is 20.3 Å². The van der Waals surface area contributed by atoms with Crippen molar-refractivity contribution in [2.24, 2.45) is 5.92 Å². The van der Waals surface area contributed by atoms with Gasteiger partial charge in [0.15, 0.2) is 0 Å². The van der Waals surface area contributed by atoms with Gasteiger partial charge in [0.05, 0.1) is 23.9 Å². The van der Waals surface area contributed by atoms with Crippen LogP contribution >= 0.6 is 0 Å². The molecular weight excluding hydrogens is 468 g/mol. The van der Waals surface area contributed by atoms with E-state index in [-0.39, 0.29) is 30.3 Å². The fourth-order valence-corrected chi connectivity index (χ4v) is 4.84. The molecule has 8 nitrogen and oxygen atoms in total. The van der Waals surface area contributed by atoms with Gasteiger partial charge in [0.1, 0.15) is 17.5 Å². The lowest BCUT2D eigenvalue weighted by atomic mass is 9.95. The molecule has 2 atom stereocenters. The maximum Gasteiger partial charge on any atom is 0.322 e. The molecule has 0 radical (unpaired) electrons. The van der Waals surface area contributed by atoms with E-state index in [0.717, 1.165) is 5.56 Å². The zero-order valence-corrected chi connectivity index (χ0v) is 21.6. The lowest BCUT2D eigenvalue weighted by molar-refractivity contribution is -0.137. The van der Waals surface area contributed by atoms with E-state index in [4.69, 9.17) is 4.74 Å². The maximum atomic E-state index is 13.9. The standard InChI is InChI=1S/C29H34N4O4/c1-5-15-30-27(34)23(16-19(3)4)33-18-24-25(28(33)35)26(31-29(36)32(24)6-2)20-11-10-14-22(17-20)37-21-12-8-7-9-13-21/h5,7-14,17,19,23,26H,1,6,15-16,18H2,2-4H3,(H,30,34)(H,31,36)/t23-,26+/m0/s1. The van der Waals surface area contributed by atoms with Gasteiger partial charge >= 0.3 is 6.03 Å². The van der Waals surface area contributed by atoms with Crippen molar-refractivity contribution in [3.8, 4) is 11.5 Å². The summed E-state index contributed by atoms with van der Waals surface area (Å²) >= 11 is 0. The molecule has 2 aromatic carbocycles. The second-order valence-electron chi connectivity index (χ2n) is 9.59. The third kappa shape index (κ3) is 5.53. The summed E-state index contributed by atoms with van der Waals surface area (Å²) < 4.78 is 5.99. The van der Waals surface area contributed by atoms with E-state index in [0.29, 0.717) is 42.3 Å². The van der Waals surface area contributed by atoms with Crippen molar-refractivity contribution in [1.29, 1.82) is 0 Å². The van der Waals surface area contributed by atoms with Gasteiger partial charge in [0.25, 0.3) is 5.91 Å². The molecule has 2 heterocycles. The summed E-state index contributed by atoms with van der Waals surface area (Å²) in [6.45, 7) is 10.5. The van der Waals surface area contributed by atoms with Crippen LogP contribution in [0.1, 0.15) is 38.8 Å². The number of hydrogen-bond donors (Lipinski definition) is 2. The highest BCUT2D eigenvalue weighted by Gasteiger charge is 2.46. The molecule has 0 saturated heterocycles. The van der Waals surface area contributed by atoms with Crippen LogP contribution in [0.2, 0.25) is 0 Å². The molecule has 2 aliphatic heterocycles. The highest BCUT2D eigenvalue weighted by atomic mass is 16.5. The molecule has 2 aliphatic rings. The van der Waals surface area contributed by atoms with Gasteiger partial charge in [-0.15, -0.1) is 6.58 Å². The minimum atomic E-state index is -0.655. The van der Waals surface area contributed by atoms with Crippen molar-refractivity contribution in [1.82, 2.24) is 20.4 Å². The van der Waals surface area contributed by atoms with Crippen LogP contribution in [-0.4, -0.2) is 53.3 Å². The molecule has 37 heavy (non-hydrogen) atoms. The Morgan fingerprint density at radius 1 is 1.16 bits per heavy atom. The van der Waals surface area contributed by atoms with E-state index in [1.165, 1.54) is 0 Å². The van der Waals surface area contributed by atoms with Gasteiger partial charge in [-0.2, -0.15) is 0 Å². The number of rotatable bonds is 10. The summed E-state index contributed by atoms with van der Waals surface area (Å²) in [5.74, 6) is 1.01. The van der Waals surface area contributed by atoms with Gasteiger partial charge in [0, 0.05) is 13.1 Å². The van der Waals surface area contributed by atoms with E-state index < -0.39 is 12.1 Å². The Morgan fingerprint density at radius 2 is 1.89 bits per heavy atom. The van der Waals surface area contributed by atoms with Crippen LogP contribution in [0.15, 0.2) is 78.5 Å². The first-order chi connectivity index (χ1) is 17.8. The number of nitrogens with zero attached hydrogens (tertiary/aromatic N) is 2. The van der Waals surface area contributed by atoms with Crippen molar-refractivity contribution in [3.63, 3.8) is 0 Å². The van der Waals surface area contributed by atoms with Gasteiger partial charge in [0.2, 0.25) is 5.91 Å². The number of amides is 4. The summed E-state index contributed by atoms with van der Waals surface area (Å²) in [4.78, 5) is 43.3. The van der Waals surface area contributed by atoms with Gasteiger partial charge in [-0.1, -0.05) is 50.3 Å². The van der Waals surface area contributed by atoms with Crippen molar-refractivity contribution >= 4 is 17.8 Å². The van der Waals surface area contributed by atoms with Crippen LogP contribution < -0.4 is 15.4 Å². The fraction of sp³-hybridized carbons (Fsp3) is 0.345. The number of carbonyl (C=O) groups is 3. The molecule has 0 saturated carbocycles. The highest BCUT2D eigenvalue weighted by Crippen LogP contribution is 2.38. The normalized spacial score (nSPS) is 18.0. The Hall–Kier alpha value is -4.07. The van der Waals surface area contributed by atoms with Crippen molar-refractivity contribution in [2.75, 3.05) is 19.6 Å². The average molecular weight is 503 g/mol. The predicted molar refractivity (Wildman–Crippen MR) is 142 cm³/mol. The number of carbonyl (C=O) groups excluding carboxylic acids is 3. The number of para-hydroxylation sites is 1. The smallest absolute Gasteiger partial charge is 0.322 e. The molecule has 0 unspecified atom stereocenters. The topological polar surface area (TPSA) is 91.0 Å². The molecule has 194 valence electrons. The molecular formula is C29H34N4O4. The minimum Gasteiger partial charge on any atom is -0.457 e. The first kappa shape index (κ1) is 26.0. The summed E-state index contributed by atoms with van der Waals surface area (Å²) in [6.07, 6.45) is 2.12. The van der Waals surface area contributed by atoms with Gasteiger partial charge in [-0.3, -0.25) is 14.5 Å². The predicted octanol–water partition coefficient (Wildman–Crippen LogP) is 4.38. The Bertz CT molecular complexity index is 1210. The van der Waals surface area contributed by atoms with Crippen LogP contribution in [-0.2, 0) is 9.59 Å². The summed E-state index contributed by atoms with van der Waals surface area (Å²) in [6, 6.07) is 15.2. The number of likely N-dealkylation sites (N-methyl/N-ethyl adjacent to an activating group) is 1. The first-order valence-corrected chi connectivity index (χ1v) is 12.7. The third-order valence-electron chi connectivity index (χ3n) is 6.53. The van der Waals surface area contributed by atoms with Crippen LogP contribution in [0.25, 0.3) is 0 Å². The molecule has 8 heteroatoms. The zero-order chi connectivity index (χ0) is 26.5. The monoisotopic (exact) mass is 502 g/mol. The molecule has 0 aromatic heterocycles. The first-order valence-electron chi connectivity index (χ1n) is 12.7. The van der Waals surface area contributed by atoms with E-state index in [1.807, 2.05) is 75.4 Å². The lowest BCUT2D eigenvalue weighted by Gasteiger charge is -2.33. The van der Waals surface area contributed by atoms with Crippen molar-refractivity contribution in [2.45, 2.75) is 39.3 Å². The summed E-state index contributed by atoms with van der Waals surface area (Å²) in [5.41, 5.74) is 1.86. The number of ether oxygens (including phenoxy) is 1. The largest absolute Gasteiger partial charge is 0.457 e. The molecule has 0 spiro atoms. The molecule has 4 rings (SSSR count). The Labute approximate surface area is 218 Å². The zero-order valence-electron chi connectivity index (χ0n) is 21.6. The highest BCUT2D eigenvalue weighted by molar-refractivity contribution is 6.03. The van der Waals surface area contributed by atoms with Crippen molar-refractivity contribution < 1.29 is 19.1 Å². The quantitative estimate of drug-likeness (QED) is 0.472. The Kier molecular flexibility index (Phi) is 7.96. The molecule has 0 fully saturated rings. The summed E-state index contributed by atoms with van der Waals surface area (Å²) in [7, 11) is 0. The molecule has 4 amide bonds. The lowest BCUT2D eigenvalue weighted by Crippen LogP contribution is -2.49.